The van der Waals surface area contributed by atoms with Crippen LogP contribution >= 0.6 is 11.3 Å². The Morgan fingerprint density at radius 3 is 2.67 bits per heavy atom. The number of ether oxygens (including phenoxy) is 1. The van der Waals surface area contributed by atoms with Crippen molar-refractivity contribution >= 4 is 21.7 Å². The molecule has 27 heavy (non-hydrogen) atoms. The highest BCUT2D eigenvalue weighted by molar-refractivity contribution is 7.18. The van der Waals surface area contributed by atoms with Crippen LogP contribution in [0.1, 0.15) is 47.9 Å². The molecule has 5 nitrogen and oxygen atoms in total. The summed E-state index contributed by atoms with van der Waals surface area (Å²) in [5.74, 6) is 0.928. The number of hydrogen-bond donors (Lipinski definition) is 0. The maximum absolute atomic E-state index is 6.29. The van der Waals surface area contributed by atoms with Gasteiger partial charge in [-0.25, -0.2) is 9.97 Å². The molecule has 3 aromatic rings. The number of rotatable bonds is 4. The van der Waals surface area contributed by atoms with Crippen LogP contribution in [0.15, 0.2) is 24.3 Å². The summed E-state index contributed by atoms with van der Waals surface area (Å²) < 4.78 is 7.45. The number of thiazole rings is 1. The second kappa shape index (κ2) is 7.52. The third kappa shape index (κ3) is 4.12. The van der Waals surface area contributed by atoms with E-state index in [0.29, 0.717) is 0 Å². The molecular weight excluding hydrogens is 356 g/mol. The molecular formula is C21H26N4OS. The van der Waals surface area contributed by atoms with Crippen LogP contribution in [0.4, 0.5) is 0 Å². The number of fused-ring (bicyclic) bond motifs is 1. The summed E-state index contributed by atoms with van der Waals surface area (Å²) in [6, 6.07) is 8.60. The van der Waals surface area contributed by atoms with Gasteiger partial charge in [-0.1, -0.05) is 0 Å². The first-order valence-electron chi connectivity index (χ1n) is 9.58. The van der Waals surface area contributed by atoms with Crippen molar-refractivity contribution in [3.63, 3.8) is 0 Å². The van der Waals surface area contributed by atoms with E-state index >= 15 is 0 Å². The van der Waals surface area contributed by atoms with Crippen LogP contribution in [0.3, 0.4) is 0 Å². The zero-order chi connectivity index (χ0) is 19.0. The Bertz CT molecular complexity index is 934. The predicted octanol–water partition coefficient (Wildman–Crippen LogP) is 4.62. The van der Waals surface area contributed by atoms with Crippen molar-refractivity contribution in [3.05, 3.63) is 46.4 Å². The zero-order valence-electron chi connectivity index (χ0n) is 16.4. The summed E-state index contributed by atoms with van der Waals surface area (Å²) >= 11 is 1.70. The van der Waals surface area contributed by atoms with Crippen molar-refractivity contribution in [2.45, 2.75) is 52.7 Å². The highest BCUT2D eigenvalue weighted by Gasteiger charge is 2.26. The number of pyridine rings is 2. The Balaban J connectivity index is 1.47. The van der Waals surface area contributed by atoms with E-state index in [0.717, 1.165) is 64.1 Å². The van der Waals surface area contributed by atoms with Crippen molar-refractivity contribution in [2.24, 2.45) is 0 Å². The van der Waals surface area contributed by atoms with Crippen LogP contribution in [0, 0.1) is 20.8 Å². The highest BCUT2D eigenvalue weighted by Crippen LogP contribution is 2.28. The Morgan fingerprint density at radius 1 is 1.11 bits per heavy atom. The molecule has 0 amide bonds. The lowest BCUT2D eigenvalue weighted by atomic mass is 10.0. The quantitative estimate of drug-likeness (QED) is 0.659. The van der Waals surface area contributed by atoms with E-state index in [1.54, 1.807) is 11.3 Å². The fraction of sp³-hybridized carbons (Fsp3) is 0.476. The van der Waals surface area contributed by atoms with Gasteiger partial charge in [0.05, 0.1) is 15.4 Å². The van der Waals surface area contributed by atoms with E-state index < -0.39 is 0 Å². The number of aromatic nitrogens is 3. The minimum Gasteiger partial charge on any atom is -0.489 e. The minimum atomic E-state index is 0.202. The molecule has 0 radical (unpaired) electrons. The number of aryl methyl sites for hydroxylation is 3. The molecule has 2 atom stereocenters. The molecule has 0 bridgehead atoms. The second-order valence-corrected chi connectivity index (χ2v) is 8.66. The first kappa shape index (κ1) is 18.3. The lowest BCUT2D eigenvalue weighted by Gasteiger charge is -2.36. The maximum Gasteiger partial charge on any atom is 0.170 e. The van der Waals surface area contributed by atoms with Crippen LogP contribution in [0.25, 0.3) is 10.3 Å². The molecule has 1 aliphatic heterocycles. The minimum absolute atomic E-state index is 0.202. The van der Waals surface area contributed by atoms with Crippen LogP contribution in [-0.2, 0) is 0 Å². The van der Waals surface area contributed by atoms with Gasteiger partial charge in [0.1, 0.15) is 11.9 Å². The highest BCUT2D eigenvalue weighted by atomic mass is 32.1. The molecule has 0 saturated carbocycles. The van der Waals surface area contributed by atoms with Gasteiger partial charge in [-0.15, -0.1) is 11.3 Å². The molecule has 142 valence electrons. The van der Waals surface area contributed by atoms with Crippen molar-refractivity contribution in [2.75, 3.05) is 13.1 Å². The first-order chi connectivity index (χ1) is 13.0. The largest absolute Gasteiger partial charge is 0.489 e. The van der Waals surface area contributed by atoms with Crippen LogP contribution in [0.2, 0.25) is 0 Å². The summed E-state index contributed by atoms with van der Waals surface area (Å²) in [4.78, 5) is 16.3. The Hall–Kier alpha value is -2.05. The van der Waals surface area contributed by atoms with Crippen molar-refractivity contribution in [3.8, 4) is 5.75 Å². The van der Waals surface area contributed by atoms with Crippen molar-refractivity contribution < 1.29 is 4.74 Å². The average molecular weight is 383 g/mol. The fourth-order valence-electron chi connectivity index (χ4n) is 3.83. The Kier molecular flexibility index (Phi) is 5.10. The Morgan fingerprint density at radius 2 is 1.89 bits per heavy atom. The van der Waals surface area contributed by atoms with E-state index in [2.05, 4.69) is 33.9 Å². The predicted molar refractivity (Wildman–Crippen MR) is 110 cm³/mol. The molecule has 0 aliphatic carbocycles. The van der Waals surface area contributed by atoms with Crippen LogP contribution in [0.5, 0.6) is 5.75 Å². The number of likely N-dealkylation sites (tertiary alicyclic amines) is 1. The normalized spacial score (nSPS) is 19.3. The Labute approximate surface area is 164 Å². The summed E-state index contributed by atoms with van der Waals surface area (Å²) in [7, 11) is 0. The molecule has 0 aromatic carbocycles. The van der Waals surface area contributed by atoms with E-state index in [1.807, 2.05) is 32.9 Å². The summed E-state index contributed by atoms with van der Waals surface area (Å²) in [5.41, 5.74) is 3.96. The van der Waals surface area contributed by atoms with Crippen LogP contribution in [-0.4, -0.2) is 39.0 Å². The first-order valence-corrected chi connectivity index (χ1v) is 10.4. The van der Waals surface area contributed by atoms with Gasteiger partial charge in [0, 0.05) is 36.1 Å². The SMILES string of the molecule is Cc1cc(OC2CCCN(C(C)c3ccc4sc(C)nc4n3)C2)cc(C)n1. The topological polar surface area (TPSA) is 51.1 Å². The third-order valence-electron chi connectivity index (χ3n) is 5.12. The van der Waals surface area contributed by atoms with Gasteiger partial charge >= 0.3 is 0 Å². The standard InChI is InChI=1S/C21H26N4OS/c1-13-10-18(11-14(2)22-13)26-17-6-5-9-25(12-17)15(3)19-7-8-20-21(24-19)23-16(4)27-20/h7-8,10-11,15,17H,5-6,9,12H2,1-4H3. The molecule has 0 N–H and O–H groups in total. The van der Waals surface area contributed by atoms with Gasteiger partial charge < -0.3 is 4.74 Å². The van der Waals surface area contributed by atoms with Crippen molar-refractivity contribution in [1.82, 2.24) is 19.9 Å². The van der Waals surface area contributed by atoms with Gasteiger partial charge in [0.25, 0.3) is 0 Å². The number of nitrogens with zero attached hydrogens (tertiary/aromatic N) is 4. The molecule has 1 saturated heterocycles. The van der Waals surface area contributed by atoms with E-state index in [4.69, 9.17) is 9.72 Å². The summed E-state index contributed by atoms with van der Waals surface area (Å²) in [6.45, 7) is 10.3. The van der Waals surface area contributed by atoms with Gasteiger partial charge in [-0.3, -0.25) is 9.88 Å². The average Bonchev–Trinajstić information content (AvgIpc) is 2.99. The van der Waals surface area contributed by atoms with Crippen LogP contribution < -0.4 is 4.74 Å². The van der Waals surface area contributed by atoms with E-state index in [1.165, 1.54) is 0 Å². The number of hydrogen-bond acceptors (Lipinski definition) is 6. The fourth-order valence-corrected chi connectivity index (χ4v) is 4.60. The lowest BCUT2D eigenvalue weighted by Crippen LogP contribution is -2.42. The zero-order valence-corrected chi connectivity index (χ0v) is 17.2. The summed E-state index contributed by atoms with van der Waals surface area (Å²) in [5, 5.41) is 1.07. The molecule has 1 fully saturated rings. The number of piperidine rings is 1. The van der Waals surface area contributed by atoms with Gasteiger partial charge in [-0.2, -0.15) is 0 Å². The monoisotopic (exact) mass is 382 g/mol. The second-order valence-electron chi connectivity index (χ2n) is 7.43. The van der Waals surface area contributed by atoms with Crippen molar-refractivity contribution in [1.29, 1.82) is 0 Å². The molecule has 3 aromatic heterocycles. The van der Waals surface area contributed by atoms with Gasteiger partial charge in [0.2, 0.25) is 0 Å². The maximum atomic E-state index is 6.29. The molecule has 6 heteroatoms. The molecule has 4 heterocycles. The molecule has 1 aliphatic rings. The van der Waals surface area contributed by atoms with Gasteiger partial charge in [0.15, 0.2) is 5.65 Å². The van der Waals surface area contributed by atoms with E-state index in [9.17, 15) is 0 Å². The van der Waals surface area contributed by atoms with Gasteiger partial charge in [-0.05, 0) is 59.2 Å². The lowest BCUT2D eigenvalue weighted by molar-refractivity contribution is 0.0647. The molecule has 0 spiro atoms. The third-order valence-corrected chi connectivity index (χ3v) is 6.05. The van der Waals surface area contributed by atoms with E-state index in [-0.39, 0.29) is 12.1 Å². The molecule has 2 unspecified atom stereocenters. The summed E-state index contributed by atoms with van der Waals surface area (Å²) in [6.07, 6.45) is 2.42. The smallest absolute Gasteiger partial charge is 0.170 e. The molecule has 4 rings (SSSR count).